The number of hydrogen-bond donors (Lipinski definition) is 1. The van der Waals surface area contributed by atoms with E-state index in [1.807, 2.05) is 48.5 Å². The van der Waals surface area contributed by atoms with Gasteiger partial charge in [-0.05, 0) is 49.4 Å². The van der Waals surface area contributed by atoms with E-state index < -0.39 is 0 Å². The molecule has 1 aliphatic rings. The summed E-state index contributed by atoms with van der Waals surface area (Å²) in [7, 11) is 3.28. The third kappa shape index (κ3) is 3.05. The Morgan fingerprint density at radius 2 is 1.68 bits per heavy atom. The summed E-state index contributed by atoms with van der Waals surface area (Å²) in [5.74, 6) is 1.47. The molecule has 142 valence electrons. The largest absolute Gasteiger partial charge is 0.497 e. The summed E-state index contributed by atoms with van der Waals surface area (Å²) in [6.45, 7) is 1.76. The number of nitrogens with zero attached hydrogens (tertiary/aromatic N) is 2. The number of fused-ring (bicyclic) bond motifs is 2. The second-order valence-electron chi connectivity index (χ2n) is 6.31. The van der Waals surface area contributed by atoms with E-state index in [1.165, 1.54) is 0 Å². The fraction of sp³-hybridized carbons (Fsp3) is 0.136. The lowest BCUT2D eigenvalue weighted by Gasteiger charge is -2.33. The van der Waals surface area contributed by atoms with Crippen LogP contribution in [0.25, 0.3) is 0 Å². The third-order valence-corrected chi connectivity index (χ3v) is 5.83. The molecule has 28 heavy (non-hydrogen) atoms. The molecule has 0 saturated carbocycles. The van der Waals surface area contributed by atoms with Gasteiger partial charge in [0.05, 0.1) is 31.3 Å². The van der Waals surface area contributed by atoms with Crippen LogP contribution in [0.4, 0.5) is 17.1 Å². The fourth-order valence-corrected chi connectivity index (χ4v) is 4.38. The van der Waals surface area contributed by atoms with Crippen molar-refractivity contribution in [2.45, 2.75) is 16.7 Å². The minimum absolute atomic E-state index is 0.509. The van der Waals surface area contributed by atoms with Gasteiger partial charge in [-0.15, -0.1) is 0 Å². The summed E-state index contributed by atoms with van der Waals surface area (Å²) < 4.78 is 10.9. The molecule has 0 amide bonds. The van der Waals surface area contributed by atoms with Crippen LogP contribution < -0.4 is 14.4 Å². The Balaban J connectivity index is 1.93. The lowest BCUT2D eigenvalue weighted by atomic mass is 10.1. The highest BCUT2D eigenvalue weighted by Crippen LogP contribution is 2.53. The maximum atomic E-state index is 9.25. The van der Waals surface area contributed by atoms with Crippen LogP contribution in [0.15, 0.2) is 75.6 Å². The minimum atomic E-state index is 0.509. The Hall–Kier alpha value is -3.12. The van der Waals surface area contributed by atoms with Crippen molar-refractivity contribution in [3.8, 4) is 11.5 Å². The molecule has 1 heterocycles. The van der Waals surface area contributed by atoms with E-state index in [4.69, 9.17) is 9.47 Å². The molecule has 1 aliphatic heterocycles. The molecule has 0 saturated heterocycles. The Kier molecular flexibility index (Phi) is 4.88. The summed E-state index contributed by atoms with van der Waals surface area (Å²) in [6.07, 6.45) is 0. The monoisotopic (exact) mass is 392 g/mol. The number of benzene rings is 3. The Labute approximate surface area is 168 Å². The minimum Gasteiger partial charge on any atom is -0.497 e. The number of anilines is 3. The first-order valence-electron chi connectivity index (χ1n) is 8.78. The van der Waals surface area contributed by atoms with Gasteiger partial charge >= 0.3 is 0 Å². The van der Waals surface area contributed by atoms with Gasteiger partial charge in [0.2, 0.25) is 0 Å². The molecule has 0 aliphatic carbocycles. The second-order valence-corrected chi connectivity index (χ2v) is 7.39. The van der Waals surface area contributed by atoms with Gasteiger partial charge in [-0.3, -0.25) is 0 Å². The number of oxime groups is 1. The molecule has 5 nitrogen and oxygen atoms in total. The zero-order chi connectivity index (χ0) is 19.7. The van der Waals surface area contributed by atoms with E-state index in [2.05, 4.69) is 22.2 Å². The van der Waals surface area contributed by atoms with Crippen LogP contribution in [0.3, 0.4) is 0 Å². The van der Waals surface area contributed by atoms with E-state index in [1.54, 1.807) is 32.9 Å². The number of hydrogen-bond acceptors (Lipinski definition) is 6. The average molecular weight is 392 g/mol. The molecule has 0 atom stereocenters. The molecule has 0 radical (unpaired) electrons. The average Bonchev–Trinajstić information content (AvgIpc) is 2.76. The molecule has 1 N–H and O–H groups in total. The first-order chi connectivity index (χ1) is 13.7. The van der Waals surface area contributed by atoms with E-state index in [0.717, 1.165) is 38.2 Å². The van der Waals surface area contributed by atoms with Crippen LogP contribution >= 0.6 is 11.8 Å². The predicted octanol–water partition coefficient (Wildman–Crippen LogP) is 5.84. The van der Waals surface area contributed by atoms with Gasteiger partial charge in [0.25, 0.3) is 0 Å². The topological polar surface area (TPSA) is 54.3 Å². The van der Waals surface area contributed by atoms with Crippen molar-refractivity contribution in [2.75, 3.05) is 19.1 Å². The number of para-hydroxylation sites is 1. The van der Waals surface area contributed by atoms with Crippen molar-refractivity contribution >= 4 is 34.5 Å². The van der Waals surface area contributed by atoms with Crippen LogP contribution in [0.1, 0.15) is 12.5 Å². The van der Waals surface area contributed by atoms with Gasteiger partial charge in [0, 0.05) is 27.1 Å². The van der Waals surface area contributed by atoms with Gasteiger partial charge < -0.3 is 19.6 Å². The van der Waals surface area contributed by atoms with Crippen LogP contribution in [0, 0.1) is 0 Å². The molecule has 0 bridgehead atoms. The standard InChI is InChI=1S/C22H20N2O3S/c1-14(23-25)17-12-22-19(13-20(17)27-3)24(15-8-10-16(26-2)11-9-15)18-6-4-5-7-21(18)28-22/h4-13,25H,1-3H3. The molecular formula is C22H20N2O3S. The maximum Gasteiger partial charge on any atom is 0.130 e. The zero-order valence-electron chi connectivity index (χ0n) is 15.8. The molecule has 3 aromatic rings. The molecule has 4 rings (SSSR count). The van der Waals surface area contributed by atoms with Crippen LogP contribution in [0.5, 0.6) is 11.5 Å². The van der Waals surface area contributed by atoms with Crippen molar-refractivity contribution in [1.82, 2.24) is 0 Å². The number of ether oxygens (including phenoxy) is 2. The van der Waals surface area contributed by atoms with Gasteiger partial charge in [-0.2, -0.15) is 0 Å². The van der Waals surface area contributed by atoms with Crippen molar-refractivity contribution < 1.29 is 14.7 Å². The van der Waals surface area contributed by atoms with Crippen LogP contribution in [-0.2, 0) is 0 Å². The fourth-order valence-electron chi connectivity index (χ4n) is 3.30. The highest BCUT2D eigenvalue weighted by molar-refractivity contribution is 7.99. The van der Waals surface area contributed by atoms with Crippen molar-refractivity contribution in [3.05, 3.63) is 66.2 Å². The summed E-state index contributed by atoms with van der Waals surface area (Å²) in [4.78, 5) is 4.42. The van der Waals surface area contributed by atoms with Gasteiger partial charge in [0.1, 0.15) is 11.5 Å². The van der Waals surface area contributed by atoms with E-state index in [-0.39, 0.29) is 0 Å². The summed E-state index contributed by atoms with van der Waals surface area (Å²) in [6, 6.07) is 20.3. The van der Waals surface area contributed by atoms with Crippen molar-refractivity contribution in [1.29, 1.82) is 0 Å². The molecule has 0 aromatic heterocycles. The molecule has 6 heteroatoms. The summed E-state index contributed by atoms with van der Waals surface area (Å²) >= 11 is 1.69. The molecule has 0 unspecified atom stereocenters. The van der Waals surface area contributed by atoms with E-state index in [0.29, 0.717) is 11.5 Å². The third-order valence-electron chi connectivity index (χ3n) is 4.72. The van der Waals surface area contributed by atoms with Gasteiger partial charge in [-0.1, -0.05) is 29.1 Å². The highest BCUT2D eigenvalue weighted by atomic mass is 32.2. The summed E-state index contributed by atoms with van der Waals surface area (Å²) in [5.41, 5.74) is 4.42. The van der Waals surface area contributed by atoms with E-state index >= 15 is 0 Å². The molecule has 0 spiro atoms. The lowest BCUT2D eigenvalue weighted by Crippen LogP contribution is -2.15. The highest BCUT2D eigenvalue weighted by Gasteiger charge is 2.27. The smallest absolute Gasteiger partial charge is 0.130 e. The van der Waals surface area contributed by atoms with E-state index in [9.17, 15) is 5.21 Å². The molecule has 3 aromatic carbocycles. The molecular weight excluding hydrogens is 372 g/mol. The Bertz CT molecular complexity index is 1050. The Morgan fingerprint density at radius 3 is 2.36 bits per heavy atom. The Morgan fingerprint density at radius 1 is 0.929 bits per heavy atom. The summed E-state index contributed by atoms with van der Waals surface area (Å²) in [5, 5.41) is 12.6. The maximum absolute atomic E-state index is 9.25. The normalized spacial score (nSPS) is 13.0. The molecule has 0 fully saturated rings. The quantitative estimate of drug-likeness (QED) is 0.269. The first-order valence-corrected chi connectivity index (χ1v) is 9.60. The number of methoxy groups -OCH3 is 2. The number of rotatable bonds is 4. The SMILES string of the molecule is COc1ccc(N2c3ccccc3Sc3cc(C(C)=NO)c(OC)cc32)cc1. The second kappa shape index (κ2) is 7.48. The first kappa shape index (κ1) is 18.3. The van der Waals surface area contributed by atoms with Crippen molar-refractivity contribution in [3.63, 3.8) is 0 Å². The van der Waals surface area contributed by atoms with Crippen LogP contribution in [-0.4, -0.2) is 25.1 Å². The van der Waals surface area contributed by atoms with Gasteiger partial charge in [0.15, 0.2) is 0 Å². The van der Waals surface area contributed by atoms with Gasteiger partial charge in [-0.25, -0.2) is 0 Å². The van der Waals surface area contributed by atoms with Crippen LogP contribution in [0.2, 0.25) is 0 Å². The zero-order valence-corrected chi connectivity index (χ0v) is 16.7. The predicted molar refractivity (Wildman–Crippen MR) is 112 cm³/mol. The lowest BCUT2D eigenvalue weighted by molar-refractivity contribution is 0.318. The van der Waals surface area contributed by atoms with Crippen molar-refractivity contribution in [2.24, 2.45) is 5.16 Å².